The van der Waals surface area contributed by atoms with Gasteiger partial charge in [-0.1, -0.05) is 12.1 Å². The number of amides is 2. The highest BCUT2D eigenvalue weighted by Crippen LogP contribution is 2.13. The molecule has 0 aliphatic heterocycles. The number of carbonyl (C=O) groups is 2. The van der Waals surface area contributed by atoms with E-state index in [-0.39, 0.29) is 17.5 Å². The third kappa shape index (κ3) is 6.72. The maximum Gasteiger partial charge on any atom is 0.279 e. The normalized spacial score (nSPS) is 11.5. The monoisotopic (exact) mass is 380 g/mol. The van der Waals surface area contributed by atoms with Crippen LogP contribution in [0.5, 0.6) is 5.75 Å². The summed E-state index contributed by atoms with van der Waals surface area (Å²) in [7, 11) is 0. The van der Waals surface area contributed by atoms with Crippen molar-refractivity contribution in [3.8, 4) is 5.75 Å². The first-order valence-electron chi connectivity index (χ1n) is 7.77. The van der Waals surface area contributed by atoms with E-state index in [4.69, 9.17) is 4.74 Å². The van der Waals surface area contributed by atoms with E-state index in [1.807, 2.05) is 0 Å². The van der Waals surface area contributed by atoms with Crippen LogP contribution in [0.2, 0.25) is 0 Å². The summed E-state index contributed by atoms with van der Waals surface area (Å²) < 4.78 is 31.0. The topological polar surface area (TPSA) is 67.4 Å². The summed E-state index contributed by atoms with van der Waals surface area (Å²) in [5.74, 6) is -0.603. The first kappa shape index (κ1) is 19.7. The molecule has 0 aliphatic rings. The maximum atomic E-state index is 12.8. The van der Waals surface area contributed by atoms with Crippen LogP contribution in [0.25, 0.3) is 0 Å². The Bertz CT molecular complexity index is 739. The van der Waals surface area contributed by atoms with Crippen LogP contribution >= 0.6 is 11.8 Å². The van der Waals surface area contributed by atoms with E-state index in [1.54, 1.807) is 12.1 Å². The highest BCUT2D eigenvalue weighted by molar-refractivity contribution is 7.99. The van der Waals surface area contributed by atoms with Crippen molar-refractivity contribution in [2.24, 2.45) is 0 Å². The summed E-state index contributed by atoms with van der Waals surface area (Å²) in [6, 6.07) is 11.3. The molecule has 0 spiro atoms. The Morgan fingerprint density at radius 1 is 1.00 bits per heavy atom. The zero-order valence-electron chi connectivity index (χ0n) is 14.0. The Labute approximate surface area is 154 Å². The largest absolute Gasteiger partial charge is 0.481 e. The summed E-state index contributed by atoms with van der Waals surface area (Å²) in [6.07, 6.45) is -0.868. The molecule has 138 valence electrons. The van der Waals surface area contributed by atoms with Crippen molar-refractivity contribution in [3.05, 3.63) is 65.7 Å². The van der Waals surface area contributed by atoms with Gasteiger partial charge in [0.25, 0.3) is 5.91 Å². The number of thioether (sulfide) groups is 1. The van der Waals surface area contributed by atoms with Crippen molar-refractivity contribution in [2.45, 2.75) is 18.8 Å². The molecule has 26 heavy (non-hydrogen) atoms. The number of benzene rings is 2. The molecule has 0 fully saturated rings. The third-order valence-corrected chi connectivity index (χ3v) is 4.24. The Morgan fingerprint density at radius 3 is 2.19 bits per heavy atom. The number of rotatable bonds is 7. The molecule has 2 amide bonds. The molecule has 2 aromatic carbocycles. The zero-order valence-corrected chi connectivity index (χ0v) is 14.8. The lowest BCUT2D eigenvalue weighted by Crippen LogP contribution is -2.47. The van der Waals surface area contributed by atoms with Crippen LogP contribution in [0.1, 0.15) is 12.5 Å². The number of hydrogen-bond acceptors (Lipinski definition) is 4. The van der Waals surface area contributed by atoms with Crippen LogP contribution in [-0.4, -0.2) is 23.7 Å². The number of ether oxygens (including phenoxy) is 1. The minimum atomic E-state index is -0.868. The molecular weight excluding hydrogens is 362 g/mol. The van der Waals surface area contributed by atoms with Gasteiger partial charge in [0.1, 0.15) is 17.4 Å². The van der Waals surface area contributed by atoms with Gasteiger partial charge in [0.2, 0.25) is 5.91 Å². The number of halogens is 2. The molecule has 5 nitrogen and oxygen atoms in total. The second-order valence-electron chi connectivity index (χ2n) is 5.37. The van der Waals surface area contributed by atoms with Gasteiger partial charge in [-0.3, -0.25) is 20.4 Å². The highest BCUT2D eigenvalue weighted by Gasteiger charge is 2.15. The van der Waals surface area contributed by atoms with Gasteiger partial charge in [-0.25, -0.2) is 8.78 Å². The Hall–Kier alpha value is -2.61. The number of hydrogen-bond donors (Lipinski definition) is 2. The lowest BCUT2D eigenvalue weighted by atomic mass is 10.2. The van der Waals surface area contributed by atoms with Crippen LogP contribution in [0.15, 0.2) is 48.5 Å². The Kier molecular flexibility index (Phi) is 7.40. The molecule has 2 rings (SSSR count). The standard InChI is InChI=1S/C18H18F2N2O3S/c1-12(25-16-8-6-15(20)7-9-16)18(24)22-21-17(23)11-26-10-13-2-4-14(19)5-3-13/h2-9,12H,10-11H2,1H3,(H,21,23)(H,22,24). The van der Waals surface area contributed by atoms with Gasteiger partial charge >= 0.3 is 0 Å². The summed E-state index contributed by atoms with van der Waals surface area (Å²) >= 11 is 1.33. The van der Waals surface area contributed by atoms with E-state index in [0.29, 0.717) is 11.5 Å². The van der Waals surface area contributed by atoms with Gasteiger partial charge in [0.05, 0.1) is 5.75 Å². The molecule has 0 aromatic heterocycles. The van der Waals surface area contributed by atoms with Crippen molar-refractivity contribution >= 4 is 23.6 Å². The van der Waals surface area contributed by atoms with Gasteiger partial charge in [-0.15, -0.1) is 11.8 Å². The molecule has 0 heterocycles. The molecule has 0 radical (unpaired) electrons. The fourth-order valence-electron chi connectivity index (χ4n) is 1.88. The third-order valence-electron chi connectivity index (χ3n) is 3.24. The highest BCUT2D eigenvalue weighted by atomic mass is 32.2. The van der Waals surface area contributed by atoms with E-state index in [1.165, 1.54) is 55.1 Å². The van der Waals surface area contributed by atoms with E-state index in [0.717, 1.165) is 5.56 Å². The molecular formula is C18H18F2N2O3S. The summed E-state index contributed by atoms with van der Waals surface area (Å²) in [4.78, 5) is 23.6. The first-order chi connectivity index (χ1) is 12.4. The van der Waals surface area contributed by atoms with Crippen molar-refractivity contribution in [3.63, 3.8) is 0 Å². The lowest BCUT2D eigenvalue weighted by Gasteiger charge is -2.15. The van der Waals surface area contributed by atoms with Crippen molar-refractivity contribution in [2.75, 3.05) is 5.75 Å². The van der Waals surface area contributed by atoms with Crippen LogP contribution in [0.3, 0.4) is 0 Å². The van der Waals surface area contributed by atoms with Gasteiger partial charge < -0.3 is 4.74 Å². The van der Waals surface area contributed by atoms with Gasteiger partial charge in [0, 0.05) is 5.75 Å². The van der Waals surface area contributed by atoms with E-state index in [2.05, 4.69) is 10.9 Å². The van der Waals surface area contributed by atoms with Crippen LogP contribution < -0.4 is 15.6 Å². The van der Waals surface area contributed by atoms with Gasteiger partial charge in [-0.2, -0.15) is 0 Å². The SMILES string of the molecule is CC(Oc1ccc(F)cc1)C(=O)NNC(=O)CSCc1ccc(F)cc1. The van der Waals surface area contributed by atoms with Crippen molar-refractivity contribution in [1.29, 1.82) is 0 Å². The molecule has 0 saturated heterocycles. The first-order valence-corrected chi connectivity index (χ1v) is 8.92. The number of hydrazine groups is 1. The summed E-state index contributed by atoms with van der Waals surface area (Å²) in [5.41, 5.74) is 5.46. The Balaban J connectivity index is 1.66. The quantitative estimate of drug-likeness (QED) is 0.725. The average Bonchev–Trinajstić information content (AvgIpc) is 2.63. The molecule has 2 aromatic rings. The van der Waals surface area contributed by atoms with E-state index < -0.39 is 17.8 Å². The minimum Gasteiger partial charge on any atom is -0.481 e. The average molecular weight is 380 g/mol. The van der Waals surface area contributed by atoms with Gasteiger partial charge in [-0.05, 0) is 48.9 Å². The molecule has 2 N–H and O–H groups in total. The van der Waals surface area contributed by atoms with Crippen LogP contribution in [0, 0.1) is 11.6 Å². The number of carbonyl (C=O) groups excluding carboxylic acids is 2. The van der Waals surface area contributed by atoms with Crippen LogP contribution in [0.4, 0.5) is 8.78 Å². The van der Waals surface area contributed by atoms with Gasteiger partial charge in [0.15, 0.2) is 6.10 Å². The van der Waals surface area contributed by atoms with E-state index >= 15 is 0 Å². The summed E-state index contributed by atoms with van der Waals surface area (Å²) in [5, 5.41) is 0. The maximum absolute atomic E-state index is 12.8. The van der Waals surface area contributed by atoms with E-state index in [9.17, 15) is 18.4 Å². The number of nitrogens with one attached hydrogen (secondary N) is 2. The molecule has 8 heteroatoms. The zero-order chi connectivity index (χ0) is 18.9. The smallest absolute Gasteiger partial charge is 0.279 e. The second kappa shape index (κ2) is 9.76. The predicted octanol–water partition coefficient (Wildman–Crippen LogP) is 2.81. The van der Waals surface area contributed by atoms with Crippen molar-refractivity contribution in [1.82, 2.24) is 10.9 Å². The molecule has 0 aliphatic carbocycles. The molecule has 1 atom stereocenters. The van der Waals surface area contributed by atoms with Crippen LogP contribution in [-0.2, 0) is 15.3 Å². The predicted molar refractivity (Wildman–Crippen MR) is 95.3 cm³/mol. The second-order valence-corrected chi connectivity index (χ2v) is 6.36. The molecule has 0 saturated carbocycles. The lowest BCUT2D eigenvalue weighted by molar-refractivity contribution is -0.131. The fourth-order valence-corrected chi connectivity index (χ4v) is 2.67. The molecule has 1 unspecified atom stereocenters. The minimum absolute atomic E-state index is 0.130. The molecule has 0 bridgehead atoms. The fraction of sp³-hybridized carbons (Fsp3) is 0.222. The van der Waals surface area contributed by atoms with Crippen molar-refractivity contribution < 1.29 is 23.1 Å². The summed E-state index contributed by atoms with van der Waals surface area (Å²) in [6.45, 7) is 1.51. The Morgan fingerprint density at radius 2 is 1.58 bits per heavy atom.